The molecule has 2 aromatic rings. The SMILES string of the molecule is COc1ccc(OC)c(NC(=O)N2CCC(NS(=O)(=O)c3ccc(Cl)cc3)CC2)c1. The van der Waals surface area contributed by atoms with Gasteiger partial charge in [0.1, 0.15) is 11.5 Å². The largest absolute Gasteiger partial charge is 0.497 e. The van der Waals surface area contributed by atoms with Crippen LogP contribution in [-0.2, 0) is 10.0 Å². The predicted octanol–water partition coefficient (Wildman–Crippen LogP) is 3.33. The number of ether oxygens (including phenoxy) is 2. The second kappa shape index (κ2) is 9.55. The van der Waals surface area contributed by atoms with Gasteiger partial charge in [0.05, 0.1) is 24.8 Å². The molecule has 1 saturated heterocycles. The van der Waals surface area contributed by atoms with Crippen LogP contribution in [0.2, 0.25) is 5.02 Å². The summed E-state index contributed by atoms with van der Waals surface area (Å²) in [6.07, 6.45) is 1.02. The summed E-state index contributed by atoms with van der Waals surface area (Å²) in [5.41, 5.74) is 0.507. The Hall–Kier alpha value is -2.49. The van der Waals surface area contributed by atoms with E-state index in [1.807, 2.05) is 0 Å². The summed E-state index contributed by atoms with van der Waals surface area (Å²) < 4.78 is 38.2. The van der Waals surface area contributed by atoms with Crippen LogP contribution in [0, 0.1) is 0 Å². The van der Waals surface area contributed by atoms with Gasteiger partial charge in [-0.05, 0) is 49.2 Å². The van der Waals surface area contributed by atoms with Gasteiger partial charge in [-0.2, -0.15) is 0 Å². The summed E-state index contributed by atoms with van der Waals surface area (Å²) >= 11 is 5.82. The Morgan fingerprint density at radius 1 is 1.07 bits per heavy atom. The van der Waals surface area contributed by atoms with Gasteiger partial charge < -0.3 is 19.7 Å². The number of hydrogen-bond acceptors (Lipinski definition) is 5. The van der Waals surface area contributed by atoms with Crippen LogP contribution in [-0.4, -0.2) is 52.7 Å². The number of sulfonamides is 1. The van der Waals surface area contributed by atoms with Gasteiger partial charge >= 0.3 is 6.03 Å². The second-order valence-electron chi connectivity index (χ2n) is 6.83. The van der Waals surface area contributed by atoms with Crippen molar-refractivity contribution in [3.63, 3.8) is 0 Å². The highest BCUT2D eigenvalue weighted by Gasteiger charge is 2.27. The van der Waals surface area contributed by atoms with Crippen LogP contribution in [0.3, 0.4) is 0 Å². The van der Waals surface area contributed by atoms with Gasteiger partial charge in [-0.3, -0.25) is 0 Å². The number of carbonyl (C=O) groups is 1. The molecule has 0 atom stereocenters. The third-order valence-electron chi connectivity index (χ3n) is 4.88. The quantitative estimate of drug-likeness (QED) is 0.699. The first-order valence-electron chi connectivity index (χ1n) is 9.38. The van der Waals surface area contributed by atoms with Crippen LogP contribution in [0.1, 0.15) is 12.8 Å². The van der Waals surface area contributed by atoms with E-state index in [-0.39, 0.29) is 17.0 Å². The summed E-state index contributed by atoms with van der Waals surface area (Å²) in [7, 11) is -0.569. The molecule has 0 aliphatic carbocycles. The molecule has 0 spiro atoms. The first kappa shape index (κ1) is 22.2. The predicted molar refractivity (Wildman–Crippen MR) is 115 cm³/mol. The molecule has 2 N–H and O–H groups in total. The van der Waals surface area contributed by atoms with E-state index in [2.05, 4.69) is 10.0 Å². The topological polar surface area (TPSA) is 97.0 Å². The molecule has 3 rings (SSSR count). The maximum Gasteiger partial charge on any atom is 0.321 e. The molecule has 1 heterocycles. The highest BCUT2D eigenvalue weighted by Crippen LogP contribution is 2.29. The highest BCUT2D eigenvalue weighted by molar-refractivity contribution is 7.89. The molecular formula is C20H24ClN3O5S. The molecule has 0 aromatic heterocycles. The Balaban J connectivity index is 1.57. The first-order valence-corrected chi connectivity index (χ1v) is 11.2. The molecule has 30 heavy (non-hydrogen) atoms. The van der Waals surface area contributed by atoms with Crippen molar-refractivity contribution in [1.29, 1.82) is 0 Å². The van der Waals surface area contributed by atoms with Gasteiger partial charge in [-0.15, -0.1) is 0 Å². The van der Waals surface area contributed by atoms with Crippen molar-refractivity contribution in [2.45, 2.75) is 23.8 Å². The monoisotopic (exact) mass is 453 g/mol. The van der Waals surface area contributed by atoms with Crippen molar-refractivity contribution in [2.24, 2.45) is 0 Å². The van der Waals surface area contributed by atoms with E-state index >= 15 is 0 Å². The Kier molecular flexibility index (Phi) is 7.06. The lowest BCUT2D eigenvalue weighted by Crippen LogP contribution is -2.47. The lowest BCUT2D eigenvalue weighted by atomic mass is 10.1. The van der Waals surface area contributed by atoms with Crippen LogP contribution < -0.4 is 19.5 Å². The fraction of sp³-hybridized carbons (Fsp3) is 0.350. The number of carbonyl (C=O) groups excluding carboxylic acids is 1. The molecule has 8 nitrogen and oxygen atoms in total. The Morgan fingerprint density at radius 2 is 1.73 bits per heavy atom. The molecule has 0 unspecified atom stereocenters. The molecule has 1 fully saturated rings. The lowest BCUT2D eigenvalue weighted by molar-refractivity contribution is 0.193. The van der Waals surface area contributed by atoms with Crippen molar-refractivity contribution >= 4 is 33.3 Å². The number of benzene rings is 2. The van der Waals surface area contributed by atoms with Gasteiger partial charge in [0.15, 0.2) is 0 Å². The van der Waals surface area contributed by atoms with Gasteiger partial charge in [0, 0.05) is 30.2 Å². The summed E-state index contributed by atoms with van der Waals surface area (Å²) in [5, 5.41) is 3.30. The van der Waals surface area contributed by atoms with Crippen molar-refractivity contribution in [3.8, 4) is 11.5 Å². The Labute approximate surface area is 181 Å². The van der Waals surface area contributed by atoms with Crippen molar-refractivity contribution in [2.75, 3.05) is 32.6 Å². The lowest BCUT2D eigenvalue weighted by Gasteiger charge is -2.32. The summed E-state index contributed by atoms with van der Waals surface area (Å²) in [6.45, 7) is 0.845. The van der Waals surface area contributed by atoms with E-state index in [1.54, 1.807) is 30.2 Å². The maximum absolute atomic E-state index is 12.6. The molecule has 0 radical (unpaired) electrons. The number of anilines is 1. The fourth-order valence-corrected chi connectivity index (χ4v) is 4.64. The zero-order chi connectivity index (χ0) is 21.7. The van der Waals surface area contributed by atoms with E-state index in [9.17, 15) is 13.2 Å². The molecule has 0 saturated carbocycles. The van der Waals surface area contributed by atoms with Crippen LogP contribution in [0.5, 0.6) is 11.5 Å². The number of amides is 2. The summed E-state index contributed by atoms with van der Waals surface area (Å²) in [6, 6.07) is 10.6. The number of halogens is 1. The Bertz CT molecular complexity index is 990. The summed E-state index contributed by atoms with van der Waals surface area (Å²) in [5.74, 6) is 1.12. The number of methoxy groups -OCH3 is 2. The molecule has 2 aromatic carbocycles. The number of nitrogens with one attached hydrogen (secondary N) is 2. The van der Waals surface area contributed by atoms with Crippen LogP contribution in [0.15, 0.2) is 47.4 Å². The number of likely N-dealkylation sites (tertiary alicyclic amines) is 1. The molecule has 1 aliphatic heterocycles. The zero-order valence-electron chi connectivity index (χ0n) is 16.7. The number of piperidine rings is 1. The molecule has 0 bridgehead atoms. The van der Waals surface area contributed by atoms with Crippen molar-refractivity contribution < 1.29 is 22.7 Å². The van der Waals surface area contributed by atoms with Crippen molar-refractivity contribution in [1.82, 2.24) is 9.62 Å². The van der Waals surface area contributed by atoms with Gasteiger partial charge in [0.2, 0.25) is 10.0 Å². The standard InChI is InChI=1S/C20H24ClN3O5S/c1-28-16-5-8-19(29-2)18(13-16)22-20(25)24-11-9-15(10-12-24)23-30(26,27)17-6-3-14(21)4-7-17/h3-8,13,15,23H,9-12H2,1-2H3,(H,22,25). The van der Waals surface area contributed by atoms with Gasteiger partial charge in [-0.25, -0.2) is 17.9 Å². The van der Waals surface area contributed by atoms with Crippen LogP contribution >= 0.6 is 11.6 Å². The minimum absolute atomic E-state index is 0.164. The van der Waals surface area contributed by atoms with E-state index in [4.69, 9.17) is 21.1 Å². The van der Waals surface area contributed by atoms with Crippen molar-refractivity contribution in [3.05, 3.63) is 47.5 Å². The average molecular weight is 454 g/mol. The van der Waals surface area contributed by atoms with E-state index < -0.39 is 10.0 Å². The smallest absolute Gasteiger partial charge is 0.321 e. The van der Waals surface area contributed by atoms with Crippen LogP contribution in [0.25, 0.3) is 0 Å². The number of nitrogens with zero attached hydrogens (tertiary/aromatic N) is 1. The molecule has 1 aliphatic rings. The molecule has 162 valence electrons. The summed E-state index contributed by atoms with van der Waals surface area (Å²) in [4.78, 5) is 14.5. The average Bonchev–Trinajstić information content (AvgIpc) is 2.74. The van der Waals surface area contributed by atoms with Gasteiger partial charge in [-0.1, -0.05) is 11.6 Å². The van der Waals surface area contributed by atoms with E-state index in [0.29, 0.717) is 48.1 Å². The molecular weight excluding hydrogens is 430 g/mol. The normalized spacial score (nSPS) is 15.0. The second-order valence-corrected chi connectivity index (χ2v) is 8.98. The van der Waals surface area contributed by atoms with Crippen LogP contribution in [0.4, 0.5) is 10.5 Å². The zero-order valence-corrected chi connectivity index (χ0v) is 18.3. The first-order chi connectivity index (χ1) is 14.3. The fourth-order valence-electron chi connectivity index (χ4n) is 3.21. The molecule has 2 amide bonds. The Morgan fingerprint density at radius 3 is 2.33 bits per heavy atom. The van der Waals surface area contributed by atoms with Gasteiger partial charge in [0.25, 0.3) is 0 Å². The third kappa shape index (κ3) is 5.35. The van der Waals surface area contributed by atoms with E-state index in [1.165, 1.54) is 31.4 Å². The number of rotatable bonds is 6. The van der Waals surface area contributed by atoms with E-state index in [0.717, 1.165) is 0 Å². The third-order valence-corrected chi connectivity index (χ3v) is 6.66. The number of urea groups is 1. The molecule has 10 heteroatoms. The highest BCUT2D eigenvalue weighted by atomic mass is 35.5. The maximum atomic E-state index is 12.6. The minimum atomic E-state index is -3.64. The minimum Gasteiger partial charge on any atom is -0.497 e. The number of hydrogen-bond donors (Lipinski definition) is 2.